The summed E-state index contributed by atoms with van der Waals surface area (Å²) in [6.07, 6.45) is 8.85. The molecule has 0 unspecified atom stereocenters. The summed E-state index contributed by atoms with van der Waals surface area (Å²) in [5.41, 5.74) is 0.0922. The molecular weight excluding hydrogens is 454 g/mol. The molecule has 0 bridgehead atoms. The maximum atomic E-state index is 12.2. The van der Waals surface area contributed by atoms with E-state index in [2.05, 4.69) is 26.1 Å². The summed E-state index contributed by atoms with van der Waals surface area (Å²) in [6.45, 7) is 6.78. The topological polar surface area (TPSA) is 127 Å². The zero-order valence-electron chi connectivity index (χ0n) is 21.0. The van der Waals surface area contributed by atoms with E-state index in [-0.39, 0.29) is 41.4 Å². The van der Waals surface area contributed by atoms with E-state index >= 15 is 0 Å². The van der Waals surface area contributed by atoms with Crippen LogP contribution in [-0.2, 0) is 14.9 Å². The molecule has 4 rings (SSSR count). The first-order valence-corrected chi connectivity index (χ1v) is 15.0. The monoisotopic (exact) mass is 498 g/mol. The third-order valence-electron chi connectivity index (χ3n) is 11.0. The molecule has 1 amide bonds. The third kappa shape index (κ3) is 4.81. The zero-order valence-corrected chi connectivity index (χ0v) is 21.9. The molecule has 10 atom stereocenters. The summed E-state index contributed by atoms with van der Waals surface area (Å²) < 4.78 is 32.2. The minimum Gasteiger partial charge on any atom is -0.748 e. The van der Waals surface area contributed by atoms with Crippen molar-refractivity contribution in [3.8, 4) is 0 Å². The van der Waals surface area contributed by atoms with Crippen LogP contribution < -0.4 is 5.32 Å². The minimum absolute atomic E-state index is 0.134. The molecule has 0 heterocycles. The van der Waals surface area contributed by atoms with E-state index in [0.717, 1.165) is 38.5 Å². The van der Waals surface area contributed by atoms with Crippen LogP contribution in [0.15, 0.2) is 0 Å². The van der Waals surface area contributed by atoms with Crippen LogP contribution in [0.4, 0.5) is 0 Å². The first-order valence-electron chi connectivity index (χ1n) is 13.4. The van der Waals surface area contributed by atoms with Crippen molar-refractivity contribution in [2.24, 2.45) is 46.3 Å². The van der Waals surface area contributed by atoms with Gasteiger partial charge in [-0.3, -0.25) is 4.79 Å². The van der Waals surface area contributed by atoms with Crippen molar-refractivity contribution >= 4 is 16.0 Å². The van der Waals surface area contributed by atoms with E-state index in [1.54, 1.807) is 0 Å². The quantitative estimate of drug-likeness (QED) is 0.463. The third-order valence-corrected chi connectivity index (χ3v) is 11.7. The summed E-state index contributed by atoms with van der Waals surface area (Å²) in [4.78, 5) is 12.2. The van der Waals surface area contributed by atoms with E-state index in [0.29, 0.717) is 42.4 Å². The van der Waals surface area contributed by atoms with Crippen LogP contribution in [0.5, 0.6) is 0 Å². The Morgan fingerprint density at radius 3 is 2.53 bits per heavy atom. The minimum atomic E-state index is -4.32. The van der Waals surface area contributed by atoms with Gasteiger partial charge >= 0.3 is 0 Å². The standard InChI is InChI=1S/C26H45NO6S/c1-16(4-9-24(30)27-12-13-34(31,32)33)20-7-8-21-19-6-5-17-14-18(28)10-11-25(17,2)22(19)15-23(29)26(20,21)3/h16-23,28-29H,4-15H2,1-3H3,(H,27,30)(H,31,32,33)/p-1/t16-,17-,18+,19+,20+,21+,22+,23-,25-,26+/m1/s1. The molecule has 0 spiro atoms. The van der Waals surface area contributed by atoms with Crippen LogP contribution >= 0.6 is 0 Å². The predicted octanol–water partition coefficient (Wildman–Crippen LogP) is 3.05. The maximum Gasteiger partial charge on any atom is 0.220 e. The van der Waals surface area contributed by atoms with Gasteiger partial charge in [-0.15, -0.1) is 0 Å². The van der Waals surface area contributed by atoms with Crippen molar-refractivity contribution in [3.05, 3.63) is 0 Å². The molecule has 196 valence electrons. The van der Waals surface area contributed by atoms with Crippen molar-refractivity contribution in [2.45, 2.75) is 97.2 Å². The number of carbonyl (C=O) groups excluding carboxylic acids is 1. The second kappa shape index (κ2) is 9.64. The first-order chi connectivity index (χ1) is 15.9. The molecular formula is C26H44NO6S-. The fraction of sp³-hybridized carbons (Fsp3) is 0.962. The number of hydrogen-bond acceptors (Lipinski definition) is 6. The molecule has 0 aliphatic heterocycles. The molecule has 34 heavy (non-hydrogen) atoms. The average Bonchev–Trinajstić information content (AvgIpc) is 3.11. The molecule has 8 heteroatoms. The normalized spacial score (nSPS) is 45.1. The number of nitrogens with one attached hydrogen (secondary N) is 1. The predicted molar refractivity (Wildman–Crippen MR) is 129 cm³/mol. The molecule has 4 saturated carbocycles. The lowest BCUT2D eigenvalue weighted by atomic mass is 9.43. The zero-order chi connectivity index (χ0) is 24.9. The number of hydrogen-bond donors (Lipinski definition) is 3. The molecule has 4 aliphatic carbocycles. The first kappa shape index (κ1) is 26.4. The Balaban J connectivity index is 1.40. The molecule has 0 aromatic rings. The van der Waals surface area contributed by atoms with E-state index in [1.807, 2.05) is 0 Å². The highest BCUT2D eigenvalue weighted by Crippen LogP contribution is 2.68. The van der Waals surface area contributed by atoms with Gasteiger partial charge in [0, 0.05) is 13.0 Å². The number of amides is 1. The van der Waals surface area contributed by atoms with Gasteiger partial charge in [-0.2, -0.15) is 0 Å². The van der Waals surface area contributed by atoms with Crippen LogP contribution in [0.2, 0.25) is 0 Å². The Labute approximate surface area is 205 Å². The van der Waals surface area contributed by atoms with Crippen molar-refractivity contribution in [2.75, 3.05) is 12.3 Å². The van der Waals surface area contributed by atoms with Crippen LogP contribution in [0.25, 0.3) is 0 Å². The second-order valence-corrected chi connectivity index (χ2v) is 14.0. The van der Waals surface area contributed by atoms with Gasteiger partial charge in [0.15, 0.2) is 0 Å². The van der Waals surface area contributed by atoms with Crippen LogP contribution in [0, 0.1) is 46.3 Å². The Bertz CT molecular complexity index is 863. The summed E-state index contributed by atoms with van der Waals surface area (Å²) >= 11 is 0. The summed E-state index contributed by atoms with van der Waals surface area (Å²) in [7, 11) is -4.32. The molecule has 3 N–H and O–H groups in total. The summed E-state index contributed by atoms with van der Waals surface area (Å²) in [5.74, 6) is 2.10. The molecule has 7 nitrogen and oxygen atoms in total. The molecule has 0 aromatic heterocycles. The SMILES string of the molecule is C[C@H](CCC(=O)NCCS(=O)(=O)[O-])[C@@H]1CC[C@H]2[C@@H]3CC[C@@H]4C[C@@H](O)CC[C@@]4(C)[C@H]3C[C@@H](O)[C@]21C. The highest BCUT2D eigenvalue weighted by molar-refractivity contribution is 7.85. The second-order valence-electron chi connectivity index (χ2n) is 12.5. The number of rotatable bonds is 7. The van der Waals surface area contributed by atoms with E-state index in [1.165, 1.54) is 12.8 Å². The lowest BCUT2D eigenvalue weighted by Gasteiger charge is -2.62. The van der Waals surface area contributed by atoms with Crippen molar-refractivity contribution in [1.29, 1.82) is 0 Å². The van der Waals surface area contributed by atoms with Gasteiger partial charge in [-0.25, -0.2) is 8.42 Å². The van der Waals surface area contributed by atoms with E-state index < -0.39 is 15.9 Å². The maximum absolute atomic E-state index is 12.2. The van der Waals surface area contributed by atoms with Crippen LogP contribution in [-0.4, -0.2) is 53.6 Å². The smallest absolute Gasteiger partial charge is 0.220 e. The van der Waals surface area contributed by atoms with Gasteiger partial charge in [0.2, 0.25) is 5.91 Å². The van der Waals surface area contributed by atoms with Gasteiger partial charge < -0.3 is 20.1 Å². The molecule has 0 radical (unpaired) electrons. The molecule has 0 aromatic carbocycles. The number of fused-ring (bicyclic) bond motifs is 5. The van der Waals surface area contributed by atoms with Gasteiger partial charge in [-0.05, 0) is 104 Å². The van der Waals surface area contributed by atoms with Gasteiger partial charge in [-0.1, -0.05) is 20.8 Å². The Hall–Kier alpha value is -0.700. The molecule has 4 aliphatic rings. The summed E-state index contributed by atoms with van der Waals surface area (Å²) in [5, 5.41) is 24.4. The highest BCUT2D eigenvalue weighted by atomic mass is 32.2. The van der Waals surface area contributed by atoms with Gasteiger partial charge in [0.25, 0.3) is 0 Å². The fourth-order valence-electron chi connectivity index (χ4n) is 9.12. The molecule has 0 saturated heterocycles. The Morgan fingerprint density at radius 1 is 1.09 bits per heavy atom. The number of aliphatic hydroxyl groups is 2. The largest absolute Gasteiger partial charge is 0.748 e. The highest BCUT2D eigenvalue weighted by Gasteiger charge is 2.63. The van der Waals surface area contributed by atoms with Crippen LogP contribution in [0.3, 0.4) is 0 Å². The van der Waals surface area contributed by atoms with E-state index in [4.69, 9.17) is 0 Å². The van der Waals surface area contributed by atoms with E-state index in [9.17, 15) is 28.0 Å². The van der Waals surface area contributed by atoms with Gasteiger partial charge in [0.05, 0.1) is 28.1 Å². The van der Waals surface area contributed by atoms with Gasteiger partial charge in [0.1, 0.15) is 0 Å². The average molecular weight is 499 g/mol. The number of carbonyl (C=O) groups is 1. The fourth-order valence-corrected chi connectivity index (χ4v) is 9.48. The molecule has 4 fully saturated rings. The Morgan fingerprint density at radius 2 is 1.82 bits per heavy atom. The van der Waals surface area contributed by atoms with Crippen molar-refractivity contribution < 1.29 is 28.0 Å². The van der Waals surface area contributed by atoms with Crippen LogP contribution in [0.1, 0.15) is 85.0 Å². The lowest BCUT2D eigenvalue weighted by Crippen LogP contribution is -2.58. The Kier molecular flexibility index (Phi) is 7.47. The summed E-state index contributed by atoms with van der Waals surface area (Å²) in [6, 6.07) is 0. The van der Waals surface area contributed by atoms with Crippen molar-refractivity contribution in [1.82, 2.24) is 5.32 Å². The van der Waals surface area contributed by atoms with Crippen molar-refractivity contribution in [3.63, 3.8) is 0 Å². The number of aliphatic hydroxyl groups excluding tert-OH is 2. The lowest BCUT2D eigenvalue weighted by molar-refractivity contribution is -0.174.